The number of hydrogen-bond donors (Lipinski definition) is 0. The van der Waals surface area contributed by atoms with Crippen LogP contribution in [-0.2, 0) is 9.59 Å². The summed E-state index contributed by atoms with van der Waals surface area (Å²) < 4.78 is 0. The van der Waals surface area contributed by atoms with E-state index in [1.54, 1.807) is 0 Å². The van der Waals surface area contributed by atoms with Gasteiger partial charge in [-0.25, -0.2) is 0 Å². The van der Waals surface area contributed by atoms with Crippen molar-refractivity contribution in [2.75, 3.05) is 13.3 Å². The van der Waals surface area contributed by atoms with Crippen molar-refractivity contribution in [3.05, 3.63) is 0 Å². The second-order valence-corrected chi connectivity index (χ2v) is 3.26. The normalized spacial score (nSPS) is 23.8. The molecule has 0 spiro atoms. The molecule has 0 N–H and O–H groups in total. The molecule has 1 rings (SSSR count). The molecule has 11 heavy (non-hydrogen) atoms. The summed E-state index contributed by atoms with van der Waals surface area (Å²) in [6.07, 6.45) is 2.21. The molecule has 0 aromatic heterocycles. The van der Waals surface area contributed by atoms with E-state index in [4.69, 9.17) is 0 Å². The highest BCUT2D eigenvalue weighted by Crippen LogP contribution is 2.21. The predicted octanol–water partition coefficient (Wildman–Crippen LogP) is 0.165. The molecular weight excluding hydrogens is 181 g/mol. The molecule has 0 aromatic carbocycles. The van der Waals surface area contributed by atoms with Gasteiger partial charge in [0.15, 0.2) is 0 Å². The Kier molecular flexibility index (Phi) is 4.04. The molecule has 1 fully saturated rings. The zero-order valence-electron chi connectivity index (χ0n) is 6.66. The first-order valence-corrected chi connectivity index (χ1v) is 4.29. The molecular formula is C6H12NO2PS. The summed E-state index contributed by atoms with van der Waals surface area (Å²) in [5.41, 5.74) is 0. The van der Waals surface area contributed by atoms with Crippen LogP contribution in [0.1, 0.15) is 6.42 Å². The zero-order chi connectivity index (χ0) is 7.72. The van der Waals surface area contributed by atoms with Gasteiger partial charge in [0.25, 0.3) is 0 Å². The zero-order valence-corrected chi connectivity index (χ0v) is 8.89. The Bertz CT molecular complexity index is 185. The van der Waals surface area contributed by atoms with Gasteiger partial charge in [0.2, 0.25) is 11.8 Å². The monoisotopic (exact) mass is 193 g/mol. The molecule has 2 unspecified atom stereocenters. The van der Waals surface area contributed by atoms with Crippen LogP contribution < -0.4 is 0 Å². The Hall–Kier alpha value is -0.0800. The van der Waals surface area contributed by atoms with Gasteiger partial charge in [0.1, 0.15) is 0 Å². The first-order chi connectivity index (χ1) is 4.66. The Labute approximate surface area is 73.5 Å². The molecule has 5 heteroatoms. The van der Waals surface area contributed by atoms with Crippen LogP contribution in [0, 0.1) is 0 Å². The van der Waals surface area contributed by atoms with Crippen LogP contribution in [0.2, 0.25) is 0 Å². The average Bonchev–Trinajstić information content (AvgIpc) is 2.17. The summed E-state index contributed by atoms with van der Waals surface area (Å²) in [5, 5.41) is -0.127. The summed E-state index contributed by atoms with van der Waals surface area (Å²) in [6.45, 7) is 0. The van der Waals surface area contributed by atoms with Gasteiger partial charge in [-0.3, -0.25) is 14.5 Å². The Morgan fingerprint density at radius 3 is 2.27 bits per heavy atom. The van der Waals surface area contributed by atoms with Gasteiger partial charge in [-0.15, -0.1) is 0 Å². The summed E-state index contributed by atoms with van der Waals surface area (Å²) in [7, 11) is 1.53. The molecule has 64 valence electrons. The fraction of sp³-hybridized carbons (Fsp3) is 0.667. The minimum atomic E-state index is -0.127. The summed E-state index contributed by atoms with van der Waals surface area (Å²) >= 11 is 1.44. The molecule has 0 aliphatic carbocycles. The molecule has 0 bridgehead atoms. The van der Waals surface area contributed by atoms with Crippen molar-refractivity contribution < 1.29 is 9.59 Å². The van der Waals surface area contributed by atoms with Crippen LogP contribution in [0.25, 0.3) is 0 Å². The fourth-order valence-corrected chi connectivity index (χ4v) is 1.57. The summed E-state index contributed by atoms with van der Waals surface area (Å²) in [4.78, 5) is 23.1. The maximum atomic E-state index is 11.0. The molecule has 1 saturated heterocycles. The Morgan fingerprint density at radius 2 is 2.09 bits per heavy atom. The van der Waals surface area contributed by atoms with E-state index >= 15 is 0 Å². The van der Waals surface area contributed by atoms with E-state index in [0.29, 0.717) is 6.42 Å². The molecule has 2 atom stereocenters. The number of imide groups is 1. The highest BCUT2D eigenvalue weighted by Gasteiger charge is 2.34. The molecule has 2 amide bonds. The lowest BCUT2D eigenvalue weighted by atomic mass is 10.4. The van der Waals surface area contributed by atoms with Gasteiger partial charge < -0.3 is 0 Å². The van der Waals surface area contributed by atoms with Crippen molar-refractivity contribution in [3.8, 4) is 0 Å². The van der Waals surface area contributed by atoms with E-state index in [9.17, 15) is 9.59 Å². The smallest absolute Gasteiger partial charge is 0.242 e. The van der Waals surface area contributed by atoms with E-state index in [1.165, 1.54) is 23.7 Å². The maximum absolute atomic E-state index is 11.0. The molecule has 0 aromatic rings. The second-order valence-electron chi connectivity index (χ2n) is 2.22. The standard InChI is InChI=1S/C6H9NO2S.H3P/c1-7-5(8)3-4(10-2)6(7)9;/h4H,3H2,1-2H3;1H3. The number of likely N-dealkylation sites (tertiary alicyclic amines) is 1. The lowest BCUT2D eigenvalue weighted by Gasteiger charge is -2.04. The van der Waals surface area contributed by atoms with Gasteiger partial charge in [-0.05, 0) is 6.26 Å². The van der Waals surface area contributed by atoms with Gasteiger partial charge in [0.05, 0.1) is 5.25 Å². The lowest BCUT2D eigenvalue weighted by molar-refractivity contribution is -0.136. The van der Waals surface area contributed by atoms with Crippen LogP contribution in [0.15, 0.2) is 0 Å². The summed E-state index contributed by atoms with van der Waals surface area (Å²) in [5.74, 6) is -0.123. The highest BCUT2D eigenvalue weighted by atomic mass is 32.2. The van der Waals surface area contributed by atoms with Crippen LogP contribution in [0.5, 0.6) is 0 Å². The van der Waals surface area contributed by atoms with E-state index in [2.05, 4.69) is 0 Å². The summed E-state index contributed by atoms with van der Waals surface area (Å²) in [6, 6.07) is 0. The van der Waals surface area contributed by atoms with E-state index < -0.39 is 0 Å². The third kappa shape index (κ3) is 1.94. The average molecular weight is 193 g/mol. The van der Waals surface area contributed by atoms with Crippen molar-refractivity contribution in [3.63, 3.8) is 0 Å². The number of thioether (sulfide) groups is 1. The Balaban J connectivity index is 0.000001000. The maximum Gasteiger partial charge on any atom is 0.242 e. The van der Waals surface area contributed by atoms with Crippen LogP contribution in [-0.4, -0.2) is 35.3 Å². The fourth-order valence-electron chi connectivity index (χ4n) is 0.906. The molecule has 0 saturated carbocycles. The Morgan fingerprint density at radius 1 is 1.55 bits per heavy atom. The number of nitrogens with zero attached hydrogens (tertiary/aromatic N) is 1. The lowest BCUT2D eigenvalue weighted by Crippen LogP contribution is -2.26. The predicted molar refractivity (Wildman–Crippen MR) is 50.8 cm³/mol. The van der Waals surface area contributed by atoms with E-state index in [1.807, 2.05) is 6.26 Å². The minimum absolute atomic E-state index is 0. The number of hydrogen-bond acceptors (Lipinski definition) is 3. The third-order valence-electron chi connectivity index (χ3n) is 1.62. The molecule has 3 nitrogen and oxygen atoms in total. The van der Waals surface area contributed by atoms with Crippen molar-refractivity contribution >= 4 is 33.5 Å². The van der Waals surface area contributed by atoms with E-state index in [0.717, 1.165) is 0 Å². The first-order valence-electron chi connectivity index (χ1n) is 3.00. The van der Waals surface area contributed by atoms with Gasteiger partial charge in [0, 0.05) is 13.5 Å². The minimum Gasteiger partial charge on any atom is -0.285 e. The van der Waals surface area contributed by atoms with Crippen LogP contribution in [0.4, 0.5) is 0 Å². The molecule has 1 heterocycles. The van der Waals surface area contributed by atoms with Crippen LogP contribution in [0.3, 0.4) is 0 Å². The third-order valence-corrected chi connectivity index (χ3v) is 2.56. The number of rotatable bonds is 1. The van der Waals surface area contributed by atoms with Crippen molar-refractivity contribution in [2.45, 2.75) is 11.7 Å². The van der Waals surface area contributed by atoms with Crippen molar-refractivity contribution in [1.82, 2.24) is 4.90 Å². The van der Waals surface area contributed by atoms with Crippen LogP contribution >= 0.6 is 21.7 Å². The topological polar surface area (TPSA) is 37.4 Å². The van der Waals surface area contributed by atoms with Gasteiger partial charge in [-0.2, -0.15) is 21.7 Å². The number of carbonyl (C=O) groups excluding carboxylic acids is 2. The SMILES string of the molecule is CSC1CC(=O)N(C)C1=O.P. The van der Waals surface area contributed by atoms with E-state index in [-0.39, 0.29) is 27.0 Å². The highest BCUT2D eigenvalue weighted by molar-refractivity contribution is 8.00. The van der Waals surface area contributed by atoms with Crippen molar-refractivity contribution in [1.29, 1.82) is 0 Å². The van der Waals surface area contributed by atoms with Gasteiger partial charge >= 0.3 is 0 Å². The molecule has 1 aliphatic rings. The number of amides is 2. The van der Waals surface area contributed by atoms with Gasteiger partial charge in [-0.1, -0.05) is 0 Å². The number of carbonyl (C=O) groups is 2. The second kappa shape index (κ2) is 4.07. The molecule has 0 radical (unpaired) electrons. The largest absolute Gasteiger partial charge is 0.285 e. The molecule has 1 aliphatic heterocycles. The quantitative estimate of drug-likeness (QED) is 0.440. The first kappa shape index (κ1) is 10.9. The van der Waals surface area contributed by atoms with Crippen molar-refractivity contribution in [2.24, 2.45) is 0 Å².